The molecule has 1 heterocycles. The zero-order valence-corrected chi connectivity index (χ0v) is 19.7. The van der Waals surface area contributed by atoms with Gasteiger partial charge in [0.05, 0.1) is 12.7 Å². The Bertz CT molecular complexity index is 579. The Kier molecular flexibility index (Phi) is 11.0. The van der Waals surface area contributed by atoms with Crippen LogP contribution in [0.25, 0.3) is 0 Å². The Morgan fingerprint density at radius 1 is 1.33 bits per heavy atom. The molecule has 1 aliphatic rings. The average molecular weight is 489 g/mol. The SMILES string of the molecule is CN=C(NCc1cccc(N(C)C)c1)NCC1CN(CC(C)C)CCO1.I. The highest BCUT2D eigenvalue weighted by Crippen LogP contribution is 2.13. The molecule has 1 aliphatic heterocycles. The highest BCUT2D eigenvalue weighted by atomic mass is 127. The summed E-state index contributed by atoms with van der Waals surface area (Å²) < 4.78 is 5.90. The van der Waals surface area contributed by atoms with Crippen LogP contribution in [0.4, 0.5) is 5.69 Å². The molecule has 0 aliphatic carbocycles. The zero-order chi connectivity index (χ0) is 18.9. The Balaban J connectivity index is 0.00000364. The first-order chi connectivity index (χ1) is 12.5. The van der Waals surface area contributed by atoms with Crippen LogP contribution in [0.1, 0.15) is 19.4 Å². The summed E-state index contributed by atoms with van der Waals surface area (Å²) in [5, 5.41) is 6.78. The van der Waals surface area contributed by atoms with Gasteiger partial charge in [-0.3, -0.25) is 9.89 Å². The summed E-state index contributed by atoms with van der Waals surface area (Å²) in [6.07, 6.45) is 0.207. The third-order valence-corrected chi connectivity index (χ3v) is 4.45. The normalized spacial score (nSPS) is 18.1. The van der Waals surface area contributed by atoms with Gasteiger partial charge in [-0.05, 0) is 23.6 Å². The lowest BCUT2D eigenvalue weighted by Crippen LogP contribution is -2.50. The van der Waals surface area contributed by atoms with Crippen LogP contribution in [-0.2, 0) is 11.3 Å². The number of rotatable bonds is 7. The first kappa shape index (κ1) is 24.0. The number of morpholine rings is 1. The van der Waals surface area contributed by atoms with E-state index in [1.54, 1.807) is 7.05 Å². The fraction of sp³-hybridized carbons (Fsp3) is 0.650. The largest absolute Gasteiger partial charge is 0.378 e. The van der Waals surface area contributed by atoms with Gasteiger partial charge in [-0.25, -0.2) is 0 Å². The third kappa shape index (κ3) is 8.66. The van der Waals surface area contributed by atoms with E-state index in [4.69, 9.17) is 4.74 Å². The van der Waals surface area contributed by atoms with Crippen molar-refractivity contribution in [2.24, 2.45) is 10.9 Å². The van der Waals surface area contributed by atoms with Gasteiger partial charge in [0.1, 0.15) is 0 Å². The lowest BCUT2D eigenvalue weighted by atomic mass is 10.2. The molecule has 0 radical (unpaired) electrons. The maximum Gasteiger partial charge on any atom is 0.191 e. The van der Waals surface area contributed by atoms with Crippen molar-refractivity contribution in [3.05, 3.63) is 29.8 Å². The Morgan fingerprint density at radius 3 is 2.78 bits per heavy atom. The van der Waals surface area contributed by atoms with Crippen LogP contribution < -0.4 is 15.5 Å². The lowest BCUT2D eigenvalue weighted by molar-refractivity contribution is -0.0284. The molecule has 0 saturated carbocycles. The highest BCUT2D eigenvalue weighted by molar-refractivity contribution is 14.0. The molecule has 7 heteroatoms. The molecule has 1 unspecified atom stereocenters. The minimum Gasteiger partial charge on any atom is -0.378 e. The van der Waals surface area contributed by atoms with E-state index in [9.17, 15) is 0 Å². The predicted molar refractivity (Wildman–Crippen MR) is 125 cm³/mol. The van der Waals surface area contributed by atoms with Crippen LogP contribution in [0.5, 0.6) is 0 Å². The molecule has 1 aromatic rings. The van der Waals surface area contributed by atoms with Crippen LogP contribution in [0.2, 0.25) is 0 Å². The monoisotopic (exact) mass is 489 g/mol. The van der Waals surface area contributed by atoms with Crippen LogP contribution in [0.3, 0.4) is 0 Å². The van der Waals surface area contributed by atoms with E-state index >= 15 is 0 Å². The summed E-state index contributed by atoms with van der Waals surface area (Å²) >= 11 is 0. The van der Waals surface area contributed by atoms with E-state index in [-0.39, 0.29) is 30.1 Å². The summed E-state index contributed by atoms with van der Waals surface area (Å²) in [5.74, 6) is 1.50. The van der Waals surface area contributed by atoms with Crippen molar-refractivity contribution in [2.45, 2.75) is 26.5 Å². The molecule has 154 valence electrons. The molecule has 0 bridgehead atoms. The first-order valence-electron chi connectivity index (χ1n) is 9.52. The summed E-state index contributed by atoms with van der Waals surface area (Å²) in [6.45, 7) is 9.99. The number of anilines is 1. The van der Waals surface area contributed by atoms with Crippen molar-refractivity contribution in [3.63, 3.8) is 0 Å². The van der Waals surface area contributed by atoms with Crippen molar-refractivity contribution in [1.82, 2.24) is 15.5 Å². The average Bonchev–Trinajstić information content (AvgIpc) is 2.62. The molecule has 1 atom stereocenters. The molecule has 1 saturated heterocycles. The number of nitrogens with zero attached hydrogens (tertiary/aromatic N) is 3. The van der Waals surface area contributed by atoms with Crippen molar-refractivity contribution >= 4 is 35.6 Å². The molecular weight excluding hydrogens is 453 g/mol. The van der Waals surface area contributed by atoms with Gasteiger partial charge in [0.2, 0.25) is 0 Å². The molecule has 0 amide bonds. The quantitative estimate of drug-likeness (QED) is 0.350. The number of halogens is 1. The summed E-state index contributed by atoms with van der Waals surface area (Å²) in [5.41, 5.74) is 2.43. The molecule has 0 spiro atoms. The van der Waals surface area contributed by atoms with Gasteiger partial charge in [-0.15, -0.1) is 24.0 Å². The van der Waals surface area contributed by atoms with Gasteiger partial charge in [0.15, 0.2) is 5.96 Å². The van der Waals surface area contributed by atoms with Crippen molar-refractivity contribution in [1.29, 1.82) is 0 Å². The molecule has 27 heavy (non-hydrogen) atoms. The van der Waals surface area contributed by atoms with Crippen molar-refractivity contribution in [3.8, 4) is 0 Å². The molecular formula is C20H36IN5O. The molecule has 0 aromatic heterocycles. The standard InChI is InChI=1S/C20H35N5O.HI/c1-16(2)14-25-9-10-26-19(15-25)13-23-20(21-3)22-12-17-7-6-8-18(11-17)24(4)5;/h6-8,11,16,19H,9-10,12-15H2,1-5H3,(H2,21,22,23);1H. The number of ether oxygens (including phenoxy) is 1. The van der Waals surface area contributed by atoms with Crippen LogP contribution in [-0.4, -0.2) is 70.9 Å². The predicted octanol–water partition coefficient (Wildman–Crippen LogP) is 2.39. The van der Waals surface area contributed by atoms with Gasteiger partial charge in [-0.1, -0.05) is 26.0 Å². The number of nitrogens with one attached hydrogen (secondary N) is 2. The second-order valence-electron chi connectivity index (χ2n) is 7.52. The highest BCUT2D eigenvalue weighted by Gasteiger charge is 2.21. The van der Waals surface area contributed by atoms with Crippen LogP contribution in [0.15, 0.2) is 29.3 Å². The van der Waals surface area contributed by atoms with E-state index in [1.165, 1.54) is 11.3 Å². The number of guanidine groups is 1. The van der Waals surface area contributed by atoms with Gasteiger partial charge in [-0.2, -0.15) is 0 Å². The van der Waals surface area contributed by atoms with Gasteiger partial charge >= 0.3 is 0 Å². The first-order valence-corrected chi connectivity index (χ1v) is 9.52. The Hall–Kier alpha value is -1.06. The third-order valence-electron chi connectivity index (χ3n) is 4.45. The summed E-state index contributed by atoms with van der Waals surface area (Å²) in [7, 11) is 5.91. The van der Waals surface area contributed by atoms with E-state index in [2.05, 4.69) is 77.6 Å². The van der Waals surface area contributed by atoms with Crippen LogP contribution in [0, 0.1) is 5.92 Å². The number of hydrogen-bond donors (Lipinski definition) is 2. The smallest absolute Gasteiger partial charge is 0.191 e. The molecule has 2 N–H and O–H groups in total. The maximum atomic E-state index is 5.90. The van der Waals surface area contributed by atoms with Crippen molar-refractivity contribution in [2.75, 3.05) is 58.8 Å². The van der Waals surface area contributed by atoms with Gasteiger partial charge in [0, 0.05) is 59.6 Å². The molecule has 2 rings (SSSR count). The lowest BCUT2D eigenvalue weighted by Gasteiger charge is -2.34. The van der Waals surface area contributed by atoms with Gasteiger partial charge < -0.3 is 20.3 Å². The molecule has 6 nitrogen and oxygen atoms in total. The summed E-state index contributed by atoms with van der Waals surface area (Å²) in [4.78, 5) is 8.93. The fourth-order valence-corrected chi connectivity index (χ4v) is 3.15. The van der Waals surface area contributed by atoms with E-state index in [0.29, 0.717) is 5.92 Å². The van der Waals surface area contributed by atoms with E-state index < -0.39 is 0 Å². The van der Waals surface area contributed by atoms with E-state index in [1.807, 2.05) is 0 Å². The number of aliphatic imine (C=N–C) groups is 1. The van der Waals surface area contributed by atoms with Crippen LogP contribution >= 0.6 is 24.0 Å². The molecule has 1 aromatic carbocycles. The minimum atomic E-state index is 0. The second kappa shape index (κ2) is 12.4. The van der Waals surface area contributed by atoms with E-state index in [0.717, 1.165) is 45.3 Å². The Morgan fingerprint density at radius 2 is 2.11 bits per heavy atom. The van der Waals surface area contributed by atoms with Crippen molar-refractivity contribution < 1.29 is 4.74 Å². The minimum absolute atomic E-state index is 0. The Labute approximate surface area is 181 Å². The summed E-state index contributed by atoms with van der Waals surface area (Å²) in [6, 6.07) is 8.51. The fourth-order valence-electron chi connectivity index (χ4n) is 3.15. The number of benzene rings is 1. The zero-order valence-electron chi connectivity index (χ0n) is 17.4. The van der Waals surface area contributed by atoms with Gasteiger partial charge in [0.25, 0.3) is 0 Å². The topological polar surface area (TPSA) is 52.1 Å². The maximum absolute atomic E-state index is 5.90. The number of hydrogen-bond acceptors (Lipinski definition) is 4. The molecule has 1 fully saturated rings. The second-order valence-corrected chi connectivity index (χ2v) is 7.52.